The standard InChI is InChI=1S/C11H18F2O/c12-11(13)6-4-9(5-7-11)10(14)8-2-1-3-8/h8-10,14H,1-7H2. The molecule has 1 unspecified atom stereocenters. The second-order valence-electron chi connectivity index (χ2n) is 4.87. The zero-order valence-electron chi connectivity index (χ0n) is 8.38. The van der Waals surface area contributed by atoms with Crippen molar-refractivity contribution < 1.29 is 13.9 Å². The van der Waals surface area contributed by atoms with Gasteiger partial charge in [0, 0.05) is 12.8 Å². The molecule has 1 atom stereocenters. The maximum Gasteiger partial charge on any atom is 0.248 e. The molecule has 3 heteroatoms. The summed E-state index contributed by atoms with van der Waals surface area (Å²) in [5.41, 5.74) is 0. The molecule has 14 heavy (non-hydrogen) atoms. The fourth-order valence-corrected chi connectivity index (χ4v) is 2.57. The first-order valence-corrected chi connectivity index (χ1v) is 5.64. The third-order valence-electron chi connectivity index (χ3n) is 3.88. The van der Waals surface area contributed by atoms with Gasteiger partial charge in [0.1, 0.15) is 0 Å². The minimum absolute atomic E-state index is 0.0263. The Labute approximate surface area is 83.5 Å². The van der Waals surface area contributed by atoms with Crippen molar-refractivity contribution in [2.24, 2.45) is 11.8 Å². The monoisotopic (exact) mass is 204 g/mol. The van der Waals surface area contributed by atoms with Crippen molar-refractivity contribution in [1.82, 2.24) is 0 Å². The first kappa shape index (κ1) is 10.3. The third-order valence-corrected chi connectivity index (χ3v) is 3.88. The first-order chi connectivity index (χ1) is 6.58. The van der Waals surface area contributed by atoms with Gasteiger partial charge in [-0.05, 0) is 37.5 Å². The number of hydrogen-bond donors (Lipinski definition) is 1. The lowest BCUT2D eigenvalue weighted by Gasteiger charge is -2.38. The van der Waals surface area contributed by atoms with E-state index in [9.17, 15) is 13.9 Å². The molecular weight excluding hydrogens is 186 g/mol. The van der Waals surface area contributed by atoms with Gasteiger partial charge in [-0.15, -0.1) is 0 Å². The summed E-state index contributed by atoms with van der Waals surface area (Å²) in [4.78, 5) is 0. The minimum Gasteiger partial charge on any atom is -0.393 e. The maximum absolute atomic E-state index is 12.9. The van der Waals surface area contributed by atoms with E-state index in [1.54, 1.807) is 0 Å². The fraction of sp³-hybridized carbons (Fsp3) is 1.00. The summed E-state index contributed by atoms with van der Waals surface area (Å²) in [6.45, 7) is 0. The largest absolute Gasteiger partial charge is 0.393 e. The highest BCUT2D eigenvalue weighted by molar-refractivity contribution is 4.87. The summed E-state index contributed by atoms with van der Waals surface area (Å²) in [6.07, 6.45) is 4.03. The Hall–Kier alpha value is -0.180. The Kier molecular flexibility index (Phi) is 2.78. The highest BCUT2D eigenvalue weighted by Crippen LogP contribution is 2.42. The van der Waals surface area contributed by atoms with Crippen molar-refractivity contribution in [2.75, 3.05) is 0 Å². The van der Waals surface area contributed by atoms with Crippen LogP contribution in [0.2, 0.25) is 0 Å². The van der Waals surface area contributed by atoms with Gasteiger partial charge in [0.05, 0.1) is 6.10 Å². The van der Waals surface area contributed by atoms with Crippen molar-refractivity contribution >= 4 is 0 Å². The number of hydrogen-bond acceptors (Lipinski definition) is 1. The molecule has 0 spiro atoms. The fourth-order valence-electron chi connectivity index (χ4n) is 2.57. The Balaban J connectivity index is 1.82. The van der Waals surface area contributed by atoms with Gasteiger partial charge in [-0.1, -0.05) is 6.42 Å². The van der Waals surface area contributed by atoms with E-state index in [0.717, 1.165) is 12.8 Å². The minimum atomic E-state index is -2.46. The summed E-state index contributed by atoms with van der Waals surface area (Å²) in [5.74, 6) is -1.91. The molecule has 2 saturated carbocycles. The summed E-state index contributed by atoms with van der Waals surface area (Å²) in [7, 11) is 0. The van der Waals surface area contributed by atoms with Gasteiger partial charge in [0.25, 0.3) is 0 Å². The molecule has 2 aliphatic rings. The van der Waals surface area contributed by atoms with E-state index in [4.69, 9.17) is 0 Å². The molecule has 0 aromatic heterocycles. The van der Waals surface area contributed by atoms with E-state index in [-0.39, 0.29) is 24.9 Å². The zero-order chi connectivity index (χ0) is 10.2. The second kappa shape index (κ2) is 3.76. The first-order valence-electron chi connectivity index (χ1n) is 5.64. The molecular formula is C11H18F2O. The van der Waals surface area contributed by atoms with Crippen LogP contribution in [0.4, 0.5) is 8.78 Å². The zero-order valence-corrected chi connectivity index (χ0v) is 8.38. The Morgan fingerprint density at radius 1 is 1.00 bits per heavy atom. The van der Waals surface area contributed by atoms with Crippen LogP contribution in [0.15, 0.2) is 0 Å². The van der Waals surface area contributed by atoms with E-state index in [2.05, 4.69) is 0 Å². The number of aliphatic hydroxyl groups excluding tert-OH is 1. The van der Waals surface area contributed by atoms with Crippen LogP contribution in [0.5, 0.6) is 0 Å². The van der Waals surface area contributed by atoms with Gasteiger partial charge >= 0.3 is 0 Å². The molecule has 1 nitrogen and oxygen atoms in total. The SMILES string of the molecule is OC(C1CCC1)C1CCC(F)(F)CC1. The number of alkyl halides is 2. The molecule has 1 N–H and O–H groups in total. The van der Waals surface area contributed by atoms with E-state index in [1.165, 1.54) is 6.42 Å². The molecule has 2 rings (SSSR count). The third kappa shape index (κ3) is 2.08. The van der Waals surface area contributed by atoms with Crippen LogP contribution in [0, 0.1) is 11.8 Å². The second-order valence-corrected chi connectivity index (χ2v) is 4.87. The Bertz CT molecular complexity index is 191. The molecule has 0 saturated heterocycles. The lowest BCUT2D eigenvalue weighted by atomic mass is 9.72. The Morgan fingerprint density at radius 2 is 1.50 bits per heavy atom. The van der Waals surface area contributed by atoms with Gasteiger partial charge in [0.2, 0.25) is 5.92 Å². The predicted molar refractivity (Wildman–Crippen MR) is 50.3 cm³/mol. The molecule has 82 valence electrons. The van der Waals surface area contributed by atoms with E-state index in [1.807, 2.05) is 0 Å². The Morgan fingerprint density at radius 3 is 1.93 bits per heavy atom. The molecule has 0 heterocycles. The summed E-state index contributed by atoms with van der Waals surface area (Å²) in [5, 5.41) is 9.92. The van der Waals surface area contributed by atoms with E-state index in [0.29, 0.717) is 18.8 Å². The molecule has 0 aromatic carbocycles. The van der Waals surface area contributed by atoms with Crippen LogP contribution in [-0.4, -0.2) is 17.1 Å². The topological polar surface area (TPSA) is 20.2 Å². The smallest absolute Gasteiger partial charge is 0.248 e. The van der Waals surface area contributed by atoms with Crippen LogP contribution in [0.3, 0.4) is 0 Å². The normalized spacial score (nSPS) is 31.1. The lowest BCUT2D eigenvalue weighted by Crippen LogP contribution is -2.37. The van der Waals surface area contributed by atoms with Crippen molar-refractivity contribution in [3.63, 3.8) is 0 Å². The van der Waals surface area contributed by atoms with Crippen LogP contribution in [0.25, 0.3) is 0 Å². The van der Waals surface area contributed by atoms with Crippen LogP contribution in [0.1, 0.15) is 44.9 Å². The molecule has 2 aliphatic carbocycles. The number of halogens is 2. The highest BCUT2D eigenvalue weighted by Gasteiger charge is 2.40. The molecule has 2 fully saturated rings. The average Bonchev–Trinajstić information content (AvgIpc) is 2.00. The van der Waals surface area contributed by atoms with E-state index < -0.39 is 5.92 Å². The summed E-state index contributed by atoms with van der Waals surface area (Å²) >= 11 is 0. The van der Waals surface area contributed by atoms with Gasteiger partial charge in [-0.2, -0.15) is 0 Å². The quantitative estimate of drug-likeness (QED) is 0.733. The lowest BCUT2D eigenvalue weighted by molar-refractivity contribution is -0.0767. The average molecular weight is 204 g/mol. The van der Waals surface area contributed by atoms with Crippen LogP contribution >= 0.6 is 0 Å². The maximum atomic E-state index is 12.9. The molecule has 0 aromatic rings. The molecule has 0 bridgehead atoms. The summed E-state index contributed by atoms with van der Waals surface area (Å²) < 4.78 is 25.7. The van der Waals surface area contributed by atoms with Gasteiger partial charge < -0.3 is 5.11 Å². The molecule has 0 radical (unpaired) electrons. The van der Waals surface area contributed by atoms with E-state index >= 15 is 0 Å². The van der Waals surface area contributed by atoms with Crippen molar-refractivity contribution in [2.45, 2.75) is 57.0 Å². The predicted octanol–water partition coefficient (Wildman–Crippen LogP) is 2.97. The number of aliphatic hydroxyl groups is 1. The summed E-state index contributed by atoms with van der Waals surface area (Å²) in [6, 6.07) is 0. The van der Waals surface area contributed by atoms with Crippen molar-refractivity contribution in [3.8, 4) is 0 Å². The van der Waals surface area contributed by atoms with Crippen molar-refractivity contribution in [3.05, 3.63) is 0 Å². The molecule has 0 amide bonds. The highest BCUT2D eigenvalue weighted by atomic mass is 19.3. The van der Waals surface area contributed by atoms with Gasteiger partial charge in [-0.3, -0.25) is 0 Å². The van der Waals surface area contributed by atoms with Gasteiger partial charge in [0.15, 0.2) is 0 Å². The van der Waals surface area contributed by atoms with Crippen LogP contribution < -0.4 is 0 Å². The number of rotatable bonds is 2. The molecule has 0 aliphatic heterocycles. The van der Waals surface area contributed by atoms with Gasteiger partial charge in [-0.25, -0.2) is 8.78 Å². The van der Waals surface area contributed by atoms with Crippen LogP contribution in [-0.2, 0) is 0 Å². The van der Waals surface area contributed by atoms with Crippen molar-refractivity contribution in [1.29, 1.82) is 0 Å².